The van der Waals surface area contributed by atoms with Gasteiger partial charge in [0.1, 0.15) is 17.4 Å². The van der Waals surface area contributed by atoms with Crippen molar-refractivity contribution < 1.29 is 29.0 Å². The van der Waals surface area contributed by atoms with Gasteiger partial charge in [-0.05, 0) is 69.2 Å². The lowest BCUT2D eigenvalue weighted by Crippen LogP contribution is -2.61. The number of nitrogens with zero attached hydrogens (tertiary/aromatic N) is 3. The summed E-state index contributed by atoms with van der Waals surface area (Å²) < 4.78 is 12.7. The summed E-state index contributed by atoms with van der Waals surface area (Å²) >= 11 is 0. The van der Waals surface area contributed by atoms with Gasteiger partial charge in [0.05, 0.1) is 36.7 Å². The smallest absolute Gasteiger partial charge is 0.248 e. The first-order valence-electron chi connectivity index (χ1n) is 17.7. The van der Waals surface area contributed by atoms with Crippen molar-refractivity contribution in [2.75, 3.05) is 31.2 Å². The quantitative estimate of drug-likeness (QED) is 0.272. The van der Waals surface area contributed by atoms with Gasteiger partial charge in [0, 0.05) is 24.8 Å². The highest BCUT2D eigenvalue weighted by Gasteiger charge is 2.80. The lowest BCUT2D eigenvalue weighted by Gasteiger charge is -2.43. The van der Waals surface area contributed by atoms with E-state index in [2.05, 4.69) is 20.1 Å². The molecule has 3 saturated heterocycles. The normalized spacial score (nSPS) is 31.3. The minimum absolute atomic E-state index is 0.0459. The van der Waals surface area contributed by atoms with Crippen molar-refractivity contribution in [2.24, 2.45) is 23.7 Å². The Morgan fingerprint density at radius 3 is 2.34 bits per heavy atom. The van der Waals surface area contributed by atoms with Gasteiger partial charge >= 0.3 is 0 Å². The molecule has 1 aromatic carbocycles. The van der Waals surface area contributed by atoms with Crippen LogP contribution in [0.5, 0.6) is 5.75 Å². The number of carbonyl (C=O) groups is 3. The fraction of sp³-hybridized carbons (Fsp3) is 0.658. The molecule has 1 aliphatic carbocycles. The highest BCUT2D eigenvalue weighted by Crippen LogP contribution is 2.66. The number of anilines is 1. The molecular weight excluding hydrogens is 594 g/mol. The van der Waals surface area contributed by atoms with Crippen LogP contribution in [-0.2, 0) is 19.1 Å². The number of hydrogen-bond donors (Lipinski definition) is 1. The molecule has 3 unspecified atom stereocenters. The van der Waals surface area contributed by atoms with Crippen LogP contribution in [0.25, 0.3) is 0 Å². The molecule has 1 spiro atoms. The molecule has 9 heteroatoms. The Morgan fingerprint density at radius 1 is 1.11 bits per heavy atom. The van der Waals surface area contributed by atoms with Crippen molar-refractivity contribution in [3.63, 3.8) is 0 Å². The molecule has 0 aromatic heterocycles. The molecule has 4 aliphatic rings. The summed E-state index contributed by atoms with van der Waals surface area (Å²) in [6.45, 7) is 18.7. The molecule has 3 heterocycles. The first-order chi connectivity index (χ1) is 22.5. The molecule has 9 nitrogen and oxygen atoms in total. The standard InChI is InChI=1S/C38H55N3O6/c1-8-21-39(28-17-19-29(20-18-28)46-11-4)34(43)31-32-35(44)41(30(24-42)25(5)10-3)33(38(32)23-26(6)37(31,7)47-38)36(45)40(22-9-2)27-15-13-12-14-16-27/h8-9,17-20,25-27,30-33,42H,1-2,10-16,21-24H2,3-7H3/t25-,26?,30-,31-,32-,33?,37+,38?/m0/s1. The van der Waals surface area contributed by atoms with Gasteiger partial charge < -0.3 is 29.3 Å². The Morgan fingerprint density at radius 2 is 1.77 bits per heavy atom. The molecule has 1 N–H and O–H groups in total. The fourth-order valence-corrected chi connectivity index (χ4v) is 9.12. The van der Waals surface area contributed by atoms with Crippen LogP contribution >= 0.6 is 0 Å². The number of aliphatic hydroxyl groups excluding tert-OH is 1. The second-order valence-electron chi connectivity index (χ2n) is 14.3. The van der Waals surface area contributed by atoms with Crippen LogP contribution in [0.4, 0.5) is 5.69 Å². The van der Waals surface area contributed by atoms with E-state index in [9.17, 15) is 14.7 Å². The van der Waals surface area contributed by atoms with Crippen molar-refractivity contribution in [2.45, 2.75) is 109 Å². The van der Waals surface area contributed by atoms with Crippen LogP contribution in [0.1, 0.15) is 79.6 Å². The predicted molar refractivity (Wildman–Crippen MR) is 183 cm³/mol. The van der Waals surface area contributed by atoms with Gasteiger partial charge in [-0.3, -0.25) is 14.4 Å². The van der Waals surface area contributed by atoms with E-state index in [1.54, 1.807) is 22.0 Å². The second-order valence-corrected chi connectivity index (χ2v) is 14.3. The Kier molecular flexibility index (Phi) is 10.6. The summed E-state index contributed by atoms with van der Waals surface area (Å²) in [5.74, 6) is -1.82. The van der Waals surface area contributed by atoms with Crippen LogP contribution in [0.3, 0.4) is 0 Å². The maximum atomic E-state index is 15.1. The van der Waals surface area contributed by atoms with Crippen molar-refractivity contribution in [1.82, 2.24) is 9.80 Å². The van der Waals surface area contributed by atoms with E-state index >= 15 is 4.79 Å². The highest BCUT2D eigenvalue weighted by molar-refractivity contribution is 6.03. The van der Waals surface area contributed by atoms with E-state index in [4.69, 9.17) is 9.47 Å². The molecule has 2 bridgehead atoms. The molecule has 4 fully saturated rings. The van der Waals surface area contributed by atoms with Crippen molar-refractivity contribution in [3.05, 3.63) is 49.6 Å². The topological polar surface area (TPSA) is 99.6 Å². The Bertz CT molecular complexity index is 1330. The average Bonchev–Trinajstić information content (AvgIpc) is 3.59. The second kappa shape index (κ2) is 14.1. The molecule has 5 rings (SSSR count). The lowest BCUT2D eigenvalue weighted by atomic mass is 9.62. The first-order valence-corrected chi connectivity index (χ1v) is 17.7. The molecular formula is C38H55N3O6. The number of likely N-dealkylation sites (tertiary alicyclic amines) is 1. The zero-order valence-electron chi connectivity index (χ0n) is 29.0. The summed E-state index contributed by atoms with van der Waals surface area (Å²) in [6.07, 6.45) is 9.68. The Hall–Kier alpha value is -3.17. The minimum Gasteiger partial charge on any atom is -0.494 e. The average molecular weight is 650 g/mol. The van der Waals surface area contributed by atoms with Gasteiger partial charge in [0.25, 0.3) is 0 Å². The van der Waals surface area contributed by atoms with Gasteiger partial charge in [-0.2, -0.15) is 0 Å². The monoisotopic (exact) mass is 649 g/mol. The molecule has 0 radical (unpaired) electrons. The zero-order chi connectivity index (χ0) is 34.1. The molecule has 1 aromatic rings. The number of fused-ring (bicyclic) bond motifs is 1. The van der Waals surface area contributed by atoms with Gasteiger partial charge in [-0.25, -0.2) is 0 Å². The summed E-state index contributed by atoms with van der Waals surface area (Å²) in [5.41, 5.74) is -1.49. The fourth-order valence-electron chi connectivity index (χ4n) is 9.12. The zero-order valence-corrected chi connectivity index (χ0v) is 29.0. The summed E-state index contributed by atoms with van der Waals surface area (Å²) in [7, 11) is 0. The van der Waals surface area contributed by atoms with E-state index in [0.29, 0.717) is 31.0 Å². The van der Waals surface area contributed by atoms with E-state index in [0.717, 1.165) is 38.5 Å². The molecule has 258 valence electrons. The highest BCUT2D eigenvalue weighted by atomic mass is 16.5. The molecule has 1 saturated carbocycles. The van der Waals surface area contributed by atoms with Gasteiger partial charge in [0.2, 0.25) is 17.7 Å². The number of rotatable bonds is 14. The predicted octanol–water partition coefficient (Wildman–Crippen LogP) is 5.37. The van der Waals surface area contributed by atoms with Crippen molar-refractivity contribution >= 4 is 23.4 Å². The summed E-state index contributed by atoms with van der Waals surface area (Å²) in [5, 5.41) is 10.8. The minimum atomic E-state index is -1.20. The van der Waals surface area contributed by atoms with E-state index in [-0.39, 0.29) is 48.8 Å². The van der Waals surface area contributed by atoms with E-state index < -0.39 is 35.1 Å². The maximum absolute atomic E-state index is 15.1. The molecule has 47 heavy (non-hydrogen) atoms. The third-order valence-electron chi connectivity index (χ3n) is 11.8. The van der Waals surface area contributed by atoms with Crippen LogP contribution < -0.4 is 9.64 Å². The number of ether oxygens (including phenoxy) is 2. The van der Waals surface area contributed by atoms with Crippen molar-refractivity contribution in [3.8, 4) is 5.75 Å². The van der Waals surface area contributed by atoms with E-state index in [1.807, 2.05) is 56.9 Å². The van der Waals surface area contributed by atoms with Crippen LogP contribution in [0, 0.1) is 23.7 Å². The largest absolute Gasteiger partial charge is 0.494 e. The third kappa shape index (κ3) is 5.81. The molecule has 8 atom stereocenters. The number of carbonyl (C=O) groups excluding carboxylic acids is 3. The first kappa shape index (κ1) is 35.1. The maximum Gasteiger partial charge on any atom is 0.248 e. The molecule has 3 amide bonds. The number of aliphatic hydroxyl groups is 1. The van der Waals surface area contributed by atoms with Gasteiger partial charge in [-0.1, -0.05) is 58.6 Å². The van der Waals surface area contributed by atoms with Gasteiger partial charge in [-0.15, -0.1) is 13.2 Å². The van der Waals surface area contributed by atoms with Gasteiger partial charge in [0.15, 0.2) is 0 Å². The van der Waals surface area contributed by atoms with Crippen LogP contribution in [-0.4, -0.2) is 88.3 Å². The van der Waals surface area contributed by atoms with Crippen LogP contribution in [0.15, 0.2) is 49.6 Å². The Balaban J connectivity index is 1.62. The summed E-state index contributed by atoms with van der Waals surface area (Å²) in [6, 6.07) is 5.87. The summed E-state index contributed by atoms with van der Waals surface area (Å²) in [4.78, 5) is 50.2. The number of amides is 3. The number of benzene rings is 1. The van der Waals surface area contributed by atoms with Crippen molar-refractivity contribution in [1.29, 1.82) is 0 Å². The van der Waals surface area contributed by atoms with E-state index in [1.165, 1.54) is 0 Å². The lowest BCUT2D eigenvalue weighted by molar-refractivity contribution is -0.158. The third-order valence-corrected chi connectivity index (χ3v) is 11.8. The van der Waals surface area contributed by atoms with Crippen LogP contribution in [0.2, 0.25) is 0 Å². The SMILES string of the molecule is C=CCN(C(=O)[C@@H]1[C@H]2C(=O)N([C@@H](CO)[C@@H](C)CC)C(C(=O)N(CC=C)C3CCCCC3)C23CC(C)[C@@]1(C)O3)c1ccc(OCC)cc1. The Labute approximate surface area is 280 Å². The number of hydrogen-bond acceptors (Lipinski definition) is 6. The molecule has 3 aliphatic heterocycles.